The smallest absolute Gasteiger partial charge is 0.308 e. The van der Waals surface area contributed by atoms with Gasteiger partial charge >= 0.3 is 6.03 Å². The quantitative estimate of drug-likeness (QED) is 0.412. The molecule has 6 nitrogen and oxygen atoms in total. The fraction of sp³-hybridized carbons (Fsp3) is 0.333. The van der Waals surface area contributed by atoms with E-state index in [-0.39, 0.29) is 28.5 Å². The highest BCUT2D eigenvalue weighted by Gasteiger charge is 2.56. The van der Waals surface area contributed by atoms with Crippen molar-refractivity contribution >= 4 is 34.9 Å². The molecule has 8 heteroatoms. The lowest BCUT2D eigenvalue weighted by Crippen LogP contribution is -2.47. The molecule has 2 amide bonds. The number of carbonyl (C=O) groups is 1. The molecule has 2 N–H and O–H groups in total. The molecule has 0 radical (unpaired) electrons. The standard InChI is InChI=1S/C30H27Cl2N5O/c1-29(2,3)19-6-13-23-24(14-19)26(18-4-7-20(31)8-5-18)30(16-34,17-35)27(25(23)15-33)37-28(38)36-22-11-9-21(32)10-12-22/h4-5,7-13,19,24,26H,6,14H2,1-3H3,(H2,36,37,38)/t19-,24+,26-/m0/s1. The zero-order valence-electron chi connectivity index (χ0n) is 21.3. The van der Waals surface area contributed by atoms with Crippen LogP contribution in [0, 0.1) is 56.7 Å². The molecular formula is C30H27Cl2N5O. The van der Waals surface area contributed by atoms with Crippen LogP contribution in [0.15, 0.2) is 71.5 Å². The van der Waals surface area contributed by atoms with Crippen molar-refractivity contribution in [2.45, 2.75) is 39.5 Å². The fourth-order valence-electron chi connectivity index (χ4n) is 5.58. The second-order valence-corrected chi connectivity index (χ2v) is 11.7. The number of hydrogen-bond donors (Lipinski definition) is 2. The Hall–Kier alpha value is -3.76. The molecule has 38 heavy (non-hydrogen) atoms. The van der Waals surface area contributed by atoms with Gasteiger partial charge in [-0.2, -0.15) is 15.8 Å². The van der Waals surface area contributed by atoms with Crippen LogP contribution >= 0.6 is 23.2 Å². The molecule has 0 aromatic heterocycles. The molecule has 0 bridgehead atoms. The molecule has 2 aliphatic rings. The maximum Gasteiger partial charge on any atom is 0.323 e. The van der Waals surface area contributed by atoms with E-state index in [0.29, 0.717) is 22.2 Å². The second-order valence-electron chi connectivity index (χ2n) is 10.8. The first-order valence-corrected chi connectivity index (χ1v) is 13.1. The molecule has 2 aliphatic carbocycles. The van der Waals surface area contributed by atoms with Crippen LogP contribution in [-0.2, 0) is 0 Å². The van der Waals surface area contributed by atoms with Gasteiger partial charge in [0.15, 0.2) is 5.41 Å². The van der Waals surface area contributed by atoms with Crippen LogP contribution in [0.5, 0.6) is 0 Å². The monoisotopic (exact) mass is 543 g/mol. The number of nitrogens with one attached hydrogen (secondary N) is 2. The number of allylic oxidation sites excluding steroid dienone is 4. The molecule has 0 spiro atoms. The van der Waals surface area contributed by atoms with E-state index < -0.39 is 17.4 Å². The Morgan fingerprint density at radius 2 is 1.53 bits per heavy atom. The van der Waals surface area contributed by atoms with E-state index in [4.69, 9.17) is 23.2 Å². The lowest BCUT2D eigenvalue weighted by Gasteiger charge is -2.47. The Morgan fingerprint density at radius 1 is 0.947 bits per heavy atom. The van der Waals surface area contributed by atoms with E-state index in [1.54, 1.807) is 36.4 Å². The highest BCUT2D eigenvalue weighted by Crippen LogP contribution is 2.58. The van der Waals surface area contributed by atoms with Crippen molar-refractivity contribution in [3.05, 3.63) is 87.1 Å². The third-order valence-corrected chi connectivity index (χ3v) is 8.13. The average molecular weight is 544 g/mol. The summed E-state index contributed by atoms with van der Waals surface area (Å²) in [5.74, 6) is -0.620. The zero-order valence-corrected chi connectivity index (χ0v) is 22.9. The lowest BCUT2D eigenvalue weighted by atomic mass is 9.54. The van der Waals surface area contributed by atoms with Crippen LogP contribution < -0.4 is 10.6 Å². The summed E-state index contributed by atoms with van der Waals surface area (Å²) in [6, 6.07) is 19.6. The molecule has 192 valence electrons. The molecule has 0 aliphatic heterocycles. The average Bonchev–Trinajstić information content (AvgIpc) is 2.89. The first kappa shape index (κ1) is 27.3. The minimum Gasteiger partial charge on any atom is -0.308 e. The van der Waals surface area contributed by atoms with Crippen LogP contribution in [0.3, 0.4) is 0 Å². The molecule has 0 heterocycles. The molecule has 3 atom stereocenters. The molecule has 0 fully saturated rings. The molecule has 0 saturated carbocycles. The van der Waals surface area contributed by atoms with Gasteiger partial charge in [-0.3, -0.25) is 0 Å². The third-order valence-electron chi connectivity index (χ3n) is 7.62. The Balaban J connectivity index is 1.88. The van der Waals surface area contributed by atoms with Crippen molar-refractivity contribution < 1.29 is 4.79 Å². The number of rotatable bonds is 3. The Labute approximate surface area is 233 Å². The number of nitrogens with zero attached hydrogens (tertiary/aromatic N) is 3. The van der Waals surface area contributed by atoms with Crippen LogP contribution in [0.4, 0.5) is 10.5 Å². The van der Waals surface area contributed by atoms with Gasteiger partial charge < -0.3 is 10.6 Å². The Kier molecular flexibility index (Phi) is 7.57. The highest BCUT2D eigenvalue weighted by atomic mass is 35.5. The third kappa shape index (κ3) is 5.01. The van der Waals surface area contributed by atoms with Crippen LogP contribution in [-0.4, -0.2) is 6.03 Å². The number of anilines is 1. The first-order valence-electron chi connectivity index (χ1n) is 12.3. The highest BCUT2D eigenvalue weighted by molar-refractivity contribution is 6.30. The maximum absolute atomic E-state index is 13.1. The van der Waals surface area contributed by atoms with E-state index in [0.717, 1.165) is 17.6 Å². The molecule has 2 aromatic carbocycles. The predicted molar refractivity (Wildman–Crippen MR) is 148 cm³/mol. The van der Waals surface area contributed by atoms with Gasteiger partial charge in [-0.25, -0.2) is 4.79 Å². The van der Waals surface area contributed by atoms with E-state index in [1.807, 2.05) is 18.2 Å². The summed E-state index contributed by atoms with van der Waals surface area (Å²) >= 11 is 12.1. The second kappa shape index (κ2) is 10.5. The fourth-order valence-corrected chi connectivity index (χ4v) is 5.83. The lowest BCUT2D eigenvalue weighted by molar-refractivity contribution is 0.169. The van der Waals surface area contributed by atoms with Crippen molar-refractivity contribution in [3.63, 3.8) is 0 Å². The summed E-state index contributed by atoms with van der Waals surface area (Å²) in [6.45, 7) is 6.52. The summed E-state index contributed by atoms with van der Waals surface area (Å²) in [6.07, 6.45) is 3.50. The van der Waals surface area contributed by atoms with E-state index >= 15 is 0 Å². The summed E-state index contributed by atoms with van der Waals surface area (Å²) in [7, 11) is 0. The molecular weight excluding hydrogens is 517 g/mol. The van der Waals surface area contributed by atoms with Crippen LogP contribution in [0.2, 0.25) is 10.0 Å². The first-order chi connectivity index (χ1) is 18.0. The number of hydrogen-bond acceptors (Lipinski definition) is 4. The predicted octanol–water partition coefficient (Wildman–Crippen LogP) is 7.72. The van der Waals surface area contributed by atoms with E-state index in [1.165, 1.54) is 0 Å². The number of urea groups is 1. The van der Waals surface area contributed by atoms with Gasteiger partial charge in [0.1, 0.15) is 6.07 Å². The SMILES string of the molecule is CC(C)(C)[C@H]1CC=C2C(C#N)=C(NC(=O)Nc3ccc(Cl)cc3)C(C#N)(C#N)[C@@H](c3ccc(Cl)cc3)[C@@H]2C1. The van der Waals surface area contributed by atoms with Crippen molar-refractivity contribution in [3.8, 4) is 18.2 Å². The van der Waals surface area contributed by atoms with Gasteiger partial charge in [-0.05, 0) is 77.6 Å². The summed E-state index contributed by atoms with van der Waals surface area (Å²) in [5, 5.41) is 38.0. The number of halogens is 2. The van der Waals surface area contributed by atoms with Gasteiger partial charge in [0.05, 0.1) is 23.4 Å². The Bertz CT molecular complexity index is 1420. The molecule has 0 saturated heterocycles. The number of benzene rings is 2. The van der Waals surface area contributed by atoms with Crippen LogP contribution in [0.25, 0.3) is 0 Å². The summed E-state index contributed by atoms with van der Waals surface area (Å²) in [4.78, 5) is 13.1. The minimum absolute atomic E-state index is 0.00637. The van der Waals surface area contributed by atoms with Gasteiger partial charge in [-0.1, -0.05) is 62.2 Å². The number of carbonyl (C=O) groups excluding carboxylic acids is 1. The largest absolute Gasteiger partial charge is 0.323 e. The molecule has 4 rings (SSSR count). The van der Waals surface area contributed by atoms with Gasteiger partial charge in [0.25, 0.3) is 0 Å². The Morgan fingerprint density at radius 3 is 2.05 bits per heavy atom. The van der Waals surface area contributed by atoms with Crippen molar-refractivity contribution in [1.29, 1.82) is 15.8 Å². The minimum atomic E-state index is -1.82. The number of fused-ring (bicyclic) bond motifs is 1. The molecule has 2 aromatic rings. The van der Waals surface area contributed by atoms with Gasteiger partial charge in [-0.15, -0.1) is 0 Å². The number of amides is 2. The van der Waals surface area contributed by atoms with Gasteiger partial charge in [0.2, 0.25) is 0 Å². The van der Waals surface area contributed by atoms with Crippen LogP contribution in [0.1, 0.15) is 45.1 Å². The van der Waals surface area contributed by atoms with Gasteiger partial charge in [0, 0.05) is 21.7 Å². The molecule has 0 unspecified atom stereocenters. The van der Waals surface area contributed by atoms with E-state index in [9.17, 15) is 20.6 Å². The summed E-state index contributed by atoms with van der Waals surface area (Å²) in [5.41, 5.74) is 0.307. The number of nitriles is 3. The van der Waals surface area contributed by atoms with Crippen molar-refractivity contribution in [1.82, 2.24) is 5.32 Å². The maximum atomic E-state index is 13.1. The van der Waals surface area contributed by atoms with E-state index in [2.05, 4.69) is 49.6 Å². The zero-order chi connectivity index (χ0) is 27.7. The summed E-state index contributed by atoms with van der Waals surface area (Å²) < 4.78 is 0. The van der Waals surface area contributed by atoms with Crippen molar-refractivity contribution in [2.75, 3.05) is 5.32 Å². The normalized spacial score (nSPS) is 22.2. The van der Waals surface area contributed by atoms with Crippen molar-refractivity contribution in [2.24, 2.45) is 22.7 Å². The topological polar surface area (TPSA) is 112 Å².